The predicted molar refractivity (Wildman–Crippen MR) is 136 cm³/mol. The number of ether oxygens (including phenoxy) is 2. The van der Waals surface area contributed by atoms with Crippen molar-refractivity contribution < 1.29 is 18.8 Å². The Morgan fingerprint density at radius 1 is 0.812 bits per heavy atom. The molecule has 0 saturated carbocycles. The minimum absolute atomic E-state index is 0.0784. The molecule has 0 amide bonds. The van der Waals surface area contributed by atoms with Gasteiger partial charge < -0.3 is 28.6 Å². The number of aliphatic hydroxyl groups excluding tert-OH is 1. The molecule has 2 rings (SSSR count). The molecule has 1 N–H and O–H groups in total. The summed E-state index contributed by atoms with van der Waals surface area (Å²) < 4.78 is 17.6. The van der Waals surface area contributed by atoms with Crippen molar-refractivity contribution in [2.24, 2.45) is 0 Å². The average molecular weight is 495 g/mol. The van der Waals surface area contributed by atoms with Crippen LogP contribution in [0.25, 0.3) is 0 Å². The second-order valence-corrected chi connectivity index (χ2v) is 10.3. The van der Waals surface area contributed by atoms with E-state index in [9.17, 15) is 5.11 Å². The fraction of sp³-hybridized carbons (Fsp3) is 1.00. The number of rotatable bonds is 17. The first-order chi connectivity index (χ1) is 15.6. The van der Waals surface area contributed by atoms with Gasteiger partial charge in [0.2, 0.25) is 0 Å². The number of piperazine rings is 2. The van der Waals surface area contributed by atoms with Gasteiger partial charge in [-0.1, -0.05) is 0 Å². The first kappa shape index (κ1) is 28.6. The maximum Gasteiger partial charge on any atom is 0.108 e. The maximum atomic E-state index is 10.2. The van der Waals surface area contributed by atoms with Crippen LogP contribution in [0, 0.1) is 0 Å². The zero-order chi connectivity index (χ0) is 23.0. The highest BCUT2D eigenvalue weighted by molar-refractivity contribution is 7.94. The van der Waals surface area contributed by atoms with E-state index in [-0.39, 0.29) is 6.10 Å². The number of hydrogen-bond donors (Lipinski definition) is 2. The maximum absolute atomic E-state index is 10.2. The molecule has 190 valence electrons. The number of nitrogens with zero attached hydrogens (tertiary/aromatic N) is 4. The lowest BCUT2D eigenvalue weighted by Gasteiger charge is -2.34. The number of likely N-dealkylation sites (N-methyl/N-ethyl adjacent to an activating group) is 2. The molecule has 8 nitrogen and oxygen atoms in total. The molecule has 0 spiro atoms. The molecule has 2 unspecified atom stereocenters. The van der Waals surface area contributed by atoms with Gasteiger partial charge in [0, 0.05) is 84.4 Å². The molecule has 2 aliphatic rings. The highest BCUT2D eigenvalue weighted by Crippen LogP contribution is 2.13. The summed E-state index contributed by atoms with van der Waals surface area (Å²) >= 11 is 5.76. The normalized spacial score (nSPS) is 21.8. The molecule has 2 atom stereocenters. The summed E-state index contributed by atoms with van der Waals surface area (Å²) in [6.07, 6.45) is 1.54. The third-order valence-electron chi connectivity index (χ3n) is 5.90. The summed E-state index contributed by atoms with van der Waals surface area (Å²) in [4.78, 5) is 9.48. The van der Waals surface area contributed by atoms with E-state index in [4.69, 9.17) is 13.7 Å². The van der Waals surface area contributed by atoms with Crippen molar-refractivity contribution >= 4 is 24.7 Å². The molecule has 0 aliphatic carbocycles. The predicted octanol–water partition coefficient (Wildman–Crippen LogP) is 0.619. The second kappa shape index (κ2) is 17.8. The van der Waals surface area contributed by atoms with Gasteiger partial charge in [0.1, 0.15) is 6.10 Å². The lowest BCUT2D eigenvalue weighted by atomic mass is 10.3. The van der Waals surface area contributed by atoms with Gasteiger partial charge in [-0.05, 0) is 44.7 Å². The van der Waals surface area contributed by atoms with E-state index in [1.54, 1.807) is 0 Å². The van der Waals surface area contributed by atoms with Gasteiger partial charge in [-0.15, -0.1) is 0 Å². The Hall–Kier alpha value is 0.380. The van der Waals surface area contributed by atoms with Gasteiger partial charge >= 0.3 is 0 Å². The van der Waals surface area contributed by atoms with E-state index in [0.29, 0.717) is 26.4 Å². The molecular formula is C22H46N4O4S2. The zero-order valence-corrected chi connectivity index (χ0v) is 21.9. The molecule has 0 radical (unpaired) electrons. The van der Waals surface area contributed by atoms with Crippen LogP contribution in [0.3, 0.4) is 0 Å². The highest BCUT2D eigenvalue weighted by atomic mass is 32.2. The topological polar surface area (TPSA) is 60.9 Å². The Morgan fingerprint density at radius 3 is 2.00 bits per heavy atom. The van der Waals surface area contributed by atoms with Crippen molar-refractivity contribution in [1.82, 2.24) is 19.6 Å². The van der Waals surface area contributed by atoms with E-state index < -0.39 is 6.10 Å². The standard InChI is InChI=1S/C22H46N4O4S2/c1-23-5-9-25(10-6-23)17-21(27)19-28-14-4-16-32-30-22(20-29-13-3-15-31)18-26-11-7-24(2)8-12-26/h21-22,27,31H,3-20H2,1-2H3. The molecule has 0 aromatic heterocycles. The lowest BCUT2D eigenvalue weighted by molar-refractivity contribution is 0.00910. The van der Waals surface area contributed by atoms with Crippen LogP contribution in [0.5, 0.6) is 0 Å². The van der Waals surface area contributed by atoms with Crippen molar-refractivity contribution in [3.05, 3.63) is 0 Å². The van der Waals surface area contributed by atoms with E-state index >= 15 is 0 Å². The fourth-order valence-corrected chi connectivity index (χ4v) is 4.55. The summed E-state index contributed by atoms with van der Waals surface area (Å²) in [5.74, 6) is 1.73. The number of β-amino-alcohol motifs (C(OH)–C–C–N with tert-alkyl or cyclic N) is 1. The van der Waals surface area contributed by atoms with Crippen molar-refractivity contribution in [1.29, 1.82) is 0 Å². The quantitative estimate of drug-likeness (QED) is 0.172. The summed E-state index contributed by atoms with van der Waals surface area (Å²) in [5.41, 5.74) is 0. The van der Waals surface area contributed by atoms with Gasteiger partial charge in [0.05, 0.1) is 19.3 Å². The summed E-state index contributed by atoms with van der Waals surface area (Å²) in [7, 11) is 4.32. The fourth-order valence-electron chi connectivity index (χ4n) is 3.78. The molecule has 0 aromatic carbocycles. The van der Waals surface area contributed by atoms with Crippen LogP contribution in [-0.2, 0) is 13.7 Å². The Morgan fingerprint density at radius 2 is 1.38 bits per heavy atom. The van der Waals surface area contributed by atoms with Gasteiger partial charge in [-0.3, -0.25) is 9.80 Å². The van der Waals surface area contributed by atoms with Crippen molar-refractivity contribution in [2.45, 2.75) is 25.0 Å². The monoisotopic (exact) mass is 494 g/mol. The summed E-state index contributed by atoms with van der Waals surface area (Å²) in [6.45, 7) is 12.6. The number of aliphatic hydroxyl groups is 1. The Kier molecular flexibility index (Phi) is 15.9. The molecule has 2 saturated heterocycles. The van der Waals surface area contributed by atoms with Gasteiger partial charge in [-0.2, -0.15) is 12.6 Å². The van der Waals surface area contributed by atoms with E-state index in [2.05, 4.69) is 46.3 Å². The van der Waals surface area contributed by atoms with E-state index in [1.165, 1.54) is 12.0 Å². The third-order valence-corrected chi connectivity index (χ3v) is 7.08. The smallest absolute Gasteiger partial charge is 0.108 e. The van der Waals surface area contributed by atoms with Crippen molar-refractivity contribution in [3.63, 3.8) is 0 Å². The van der Waals surface area contributed by atoms with Crippen molar-refractivity contribution in [2.75, 3.05) is 117 Å². The molecule has 0 bridgehead atoms. The van der Waals surface area contributed by atoms with E-state index in [1.807, 2.05) is 0 Å². The van der Waals surface area contributed by atoms with Crippen molar-refractivity contribution in [3.8, 4) is 0 Å². The lowest BCUT2D eigenvalue weighted by Crippen LogP contribution is -2.47. The molecule has 0 aromatic rings. The van der Waals surface area contributed by atoms with E-state index in [0.717, 1.165) is 89.9 Å². The second-order valence-electron chi connectivity index (χ2n) is 8.98. The number of hydrogen-bond acceptors (Lipinski definition) is 10. The van der Waals surface area contributed by atoms with Crippen LogP contribution in [0.15, 0.2) is 0 Å². The van der Waals surface area contributed by atoms with Crippen LogP contribution in [0.4, 0.5) is 0 Å². The van der Waals surface area contributed by atoms with Crippen LogP contribution in [0.2, 0.25) is 0 Å². The molecular weight excluding hydrogens is 448 g/mol. The average Bonchev–Trinajstić information content (AvgIpc) is 2.78. The third kappa shape index (κ3) is 13.3. The summed E-state index contributed by atoms with van der Waals surface area (Å²) in [6, 6.07) is 0. The molecule has 32 heavy (non-hydrogen) atoms. The van der Waals surface area contributed by atoms with Gasteiger partial charge in [0.25, 0.3) is 0 Å². The van der Waals surface area contributed by atoms with Crippen LogP contribution < -0.4 is 0 Å². The molecule has 10 heteroatoms. The molecule has 2 aliphatic heterocycles. The van der Waals surface area contributed by atoms with Crippen LogP contribution >= 0.6 is 24.7 Å². The van der Waals surface area contributed by atoms with Gasteiger partial charge in [-0.25, -0.2) is 0 Å². The first-order valence-electron chi connectivity index (χ1n) is 12.1. The van der Waals surface area contributed by atoms with Crippen LogP contribution in [0.1, 0.15) is 12.8 Å². The first-order valence-corrected chi connectivity index (χ1v) is 13.7. The minimum atomic E-state index is -0.412. The zero-order valence-electron chi connectivity index (χ0n) is 20.2. The Bertz CT molecular complexity index is 454. The highest BCUT2D eigenvalue weighted by Gasteiger charge is 2.20. The Labute approximate surface area is 205 Å². The minimum Gasteiger partial charge on any atom is -0.389 e. The van der Waals surface area contributed by atoms with Gasteiger partial charge in [0.15, 0.2) is 0 Å². The largest absolute Gasteiger partial charge is 0.389 e. The molecule has 2 fully saturated rings. The molecule has 2 heterocycles. The van der Waals surface area contributed by atoms with Crippen LogP contribution in [-0.4, -0.2) is 154 Å². The summed E-state index contributed by atoms with van der Waals surface area (Å²) in [5, 5.41) is 10.2. The Balaban J connectivity index is 1.52. The SMILES string of the molecule is CN1CCN(CC(O)COCCCSOC(COCCCS)CN2CCN(C)CC2)CC1. The number of thiol groups is 1.